The Bertz CT molecular complexity index is 290. The van der Waals surface area contributed by atoms with Gasteiger partial charge in [-0.05, 0) is 51.6 Å². The average Bonchev–Trinajstić information content (AvgIpc) is 3.26. The number of likely N-dealkylation sites (tertiary alicyclic amines) is 1. The molecule has 3 heteroatoms. The summed E-state index contributed by atoms with van der Waals surface area (Å²) in [5.74, 6) is 0.990. The number of nitrogens with one attached hydrogen (secondary N) is 1. The van der Waals surface area contributed by atoms with E-state index in [2.05, 4.69) is 29.1 Å². The molecule has 2 heterocycles. The topological polar surface area (TPSA) is 18.5 Å². The molecule has 0 aromatic heterocycles. The largest absolute Gasteiger partial charge is 0.311 e. The fourth-order valence-electron chi connectivity index (χ4n) is 3.97. The lowest BCUT2D eigenvalue weighted by Gasteiger charge is -2.44. The van der Waals surface area contributed by atoms with Gasteiger partial charge in [0.25, 0.3) is 0 Å². The number of hydrogen-bond donors (Lipinski definition) is 1. The molecule has 0 aromatic rings. The van der Waals surface area contributed by atoms with Crippen molar-refractivity contribution in [3.05, 3.63) is 0 Å². The van der Waals surface area contributed by atoms with Crippen molar-refractivity contribution in [3.63, 3.8) is 0 Å². The zero-order chi connectivity index (χ0) is 13.2. The van der Waals surface area contributed by atoms with Crippen LogP contribution in [0.4, 0.5) is 0 Å². The molecular weight excluding hydrogens is 234 g/mol. The van der Waals surface area contributed by atoms with Crippen LogP contribution in [0.5, 0.6) is 0 Å². The van der Waals surface area contributed by atoms with Crippen molar-refractivity contribution in [2.24, 2.45) is 5.92 Å². The average molecular weight is 265 g/mol. The predicted molar refractivity (Wildman–Crippen MR) is 80.4 cm³/mol. The lowest BCUT2D eigenvalue weighted by Crippen LogP contribution is -2.59. The molecule has 3 rings (SSSR count). The maximum atomic E-state index is 3.81. The van der Waals surface area contributed by atoms with Crippen LogP contribution >= 0.6 is 0 Å². The van der Waals surface area contributed by atoms with Crippen LogP contribution in [0.3, 0.4) is 0 Å². The smallest absolute Gasteiger partial charge is 0.0224 e. The van der Waals surface area contributed by atoms with Gasteiger partial charge in [-0.1, -0.05) is 13.3 Å². The van der Waals surface area contributed by atoms with Crippen LogP contribution in [-0.2, 0) is 0 Å². The summed E-state index contributed by atoms with van der Waals surface area (Å²) < 4.78 is 0. The van der Waals surface area contributed by atoms with Gasteiger partial charge in [0.15, 0.2) is 0 Å². The summed E-state index contributed by atoms with van der Waals surface area (Å²) in [7, 11) is 2.32. The summed E-state index contributed by atoms with van der Waals surface area (Å²) in [5, 5.41) is 3.81. The number of piperazine rings is 1. The van der Waals surface area contributed by atoms with E-state index in [1.807, 2.05) is 0 Å². The van der Waals surface area contributed by atoms with Gasteiger partial charge in [0.2, 0.25) is 0 Å². The second-order valence-corrected chi connectivity index (χ2v) is 7.00. The lowest BCUT2D eigenvalue weighted by molar-refractivity contribution is 0.0673. The molecule has 3 aliphatic rings. The van der Waals surface area contributed by atoms with Gasteiger partial charge in [0.05, 0.1) is 0 Å². The van der Waals surface area contributed by atoms with Crippen molar-refractivity contribution < 1.29 is 0 Å². The fraction of sp³-hybridized carbons (Fsp3) is 1.00. The van der Waals surface area contributed by atoms with E-state index >= 15 is 0 Å². The van der Waals surface area contributed by atoms with Gasteiger partial charge in [-0.3, -0.25) is 4.90 Å². The third kappa shape index (κ3) is 3.32. The third-order valence-electron chi connectivity index (χ3n) is 5.59. The number of nitrogens with zero attached hydrogens (tertiary/aromatic N) is 2. The summed E-state index contributed by atoms with van der Waals surface area (Å²) >= 11 is 0. The molecule has 3 fully saturated rings. The predicted octanol–water partition coefficient (Wildman–Crippen LogP) is 1.93. The van der Waals surface area contributed by atoms with Crippen molar-refractivity contribution in [1.29, 1.82) is 0 Å². The zero-order valence-electron chi connectivity index (χ0n) is 12.8. The normalized spacial score (nSPS) is 38.5. The second-order valence-electron chi connectivity index (χ2n) is 7.00. The van der Waals surface area contributed by atoms with Gasteiger partial charge < -0.3 is 10.2 Å². The maximum Gasteiger partial charge on any atom is 0.0224 e. The van der Waals surface area contributed by atoms with E-state index in [-0.39, 0.29) is 0 Å². The number of rotatable bonds is 4. The molecule has 3 unspecified atom stereocenters. The maximum absolute atomic E-state index is 3.81. The van der Waals surface area contributed by atoms with Gasteiger partial charge in [-0.15, -0.1) is 0 Å². The Morgan fingerprint density at radius 1 is 1.11 bits per heavy atom. The highest BCUT2D eigenvalue weighted by Crippen LogP contribution is 2.34. The minimum Gasteiger partial charge on any atom is -0.311 e. The van der Waals surface area contributed by atoms with Gasteiger partial charge in [0, 0.05) is 37.8 Å². The first-order valence-electron chi connectivity index (χ1n) is 8.45. The van der Waals surface area contributed by atoms with Crippen molar-refractivity contribution in [2.45, 2.75) is 63.6 Å². The Morgan fingerprint density at radius 3 is 2.63 bits per heavy atom. The van der Waals surface area contributed by atoms with E-state index in [1.165, 1.54) is 64.7 Å². The quantitative estimate of drug-likeness (QED) is 0.838. The molecule has 1 saturated carbocycles. The number of likely N-dealkylation sites (N-methyl/N-ethyl adjacent to an activating group) is 1. The Kier molecular flexibility index (Phi) is 4.45. The third-order valence-corrected chi connectivity index (χ3v) is 5.59. The molecule has 1 aliphatic carbocycles. The van der Waals surface area contributed by atoms with Crippen molar-refractivity contribution in [1.82, 2.24) is 15.1 Å². The molecule has 0 aromatic carbocycles. The first kappa shape index (κ1) is 13.8. The molecule has 3 nitrogen and oxygen atoms in total. The molecule has 0 bridgehead atoms. The Morgan fingerprint density at radius 2 is 1.95 bits per heavy atom. The van der Waals surface area contributed by atoms with E-state index in [9.17, 15) is 0 Å². The molecule has 0 spiro atoms. The van der Waals surface area contributed by atoms with Crippen LogP contribution in [-0.4, -0.2) is 61.2 Å². The zero-order valence-corrected chi connectivity index (χ0v) is 12.8. The highest BCUT2D eigenvalue weighted by molar-refractivity contribution is 4.95. The van der Waals surface area contributed by atoms with Crippen molar-refractivity contribution >= 4 is 0 Å². The van der Waals surface area contributed by atoms with E-state index in [0.717, 1.165) is 24.0 Å². The van der Waals surface area contributed by atoms with Crippen LogP contribution < -0.4 is 5.32 Å². The van der Waals surface area contributed by atoms with Crippen LogP contribution in [0.2, 0.25) is 0 Å². The first-order chi connectivity index (χ1) is 9.28. The monoisotopic (exact) mass is 265 g/mol. The highest BCUT2D eigenvalue weighted by atomic mass is 15.3. The van der Waals surface area contributed by atoms with Crippen LogP contribution in [0.15, 0.2) is 0 Å². The van der Waals surface area contributed by atoms with E-state index in [1.54, 1.807) is 0 Å². The van der Waals surface area contributed by atoms with Crippen LogP contribution in [0.1, 0.15) is 45.4 Å². The SMILES string of the molecule is CCC1CNC(C2CC2)CN1CC1CCCCN1C. The van der Waals surface area contributed by atoms with E-state index < -0.39 is 0 Å². The summed E-state index contributed by atoms with van der Waals surface area (Å²) in [6, 6.07) is 2.36. The highest BCUT2D eigenvalue weighted by Gasteiger charge is 2.37. The van der Waals surface area contributed by atoms with Crippen LogP contribution in [0.25, 0.3) is 0 Å². The lowest BCUT2D eigenvalue weighted by atomic mass is 9.98. The minimum atomic E-state index is 0.769. The summed E-state index contributed by atoms with van der Waals surface area (Å²) in [5.41, 5.74) is 0. The molecule has 1 N–H and O–H groups in total. The Balaban J connectivity index is 1.58. The minimum absolute atomic E-state index is 0.769. The first-order valence-corrected chi connectivity index (χ1v) is 8.45. The molecule has 0 amide bonds. The van der Waals surface area contributed by atoms with Gasteiger partial charge in [0.1, 0.15) is 0 Å². The molecule has 0 radical (unpaired) electrons. The second kappa shape index (κ2) is 6.11. The van der Waals surface area contributed by atoms with E-state index in [0.29, 0.717) is 0 Å². The van der Waals surface area contributed by atoms with Crippen molar-refractivity contribution in [2.75, 3.05) is 33.2 Å². The van der Waals surface area contributed by atoms with Gasteiger partial charge >= 0.3 is 0 Å². The molecule has 2 aliphatic heterocycles. The molecular formula is C16H31N3. The molecule has 3 atom stereocenters. The summed E-state index contributed by atoms with van der Waals surface area (Å²) in [6.45, 7) is 7.47. The van der Waals surface area contributed by atoms with E-state index in [4.69, 9.17) is 0 Å². The fourth-order valence-corrected chi connectivity index (χ4v) is 3.97. The Labute approximate surface area is 118 Å². The van der Waals surface area contributed by atoms with Gasteiger partial charge in [-0.2, -0.15) is 0 Å². The van der Waals surface area contributed by atoms with Crippen LogP contribution in [0, 0.1) is 5.92 Å². The number of piperidine rings is 1. The van der Waals surface area contributed by atoms with Crippen molar-refractivity contribution in [3.8, 4) is 0 Å². The Hall–Kier alpha value is -0.120. The van der Waals surface area contributed by atoms with Gasteiger partial charge in [-0.25, -0.2) is 0 Å². The summed E-state index contributed by atoms with van der Waals surface area (Å²) in [6.07, 6.45) is 8.46. The number of hydrogen-bond acceptors (Lipinski definition) is 3. The molecule has 2 saturated heterocycles. The molecule has 19 heavy (non-hydrogen) atoms. The molecule has 110 valence electrons. The summed E-state index contributed by atoms with van der Waals surface area (Å²) in [4.78, 5) is 5.41. The standard InChI is InChI=1S/C16H31N3/c1-3-14-10-17-16(13-7-8-13)12-19(14)11-15-6-4-5-9-18(15)2/h13-17H,3-12H2,1-2H3.